The minimum absolute atomic E-state index is 0. The van der Waals surface area contributed by atoms with E-state index in [0.717, 1.165) is 5.56 Å². The van der Waals surface area contributed by atoms with E-state index >= 15 is 0 Å². The van der Waals surface area contributed by atoms with Crippen molar-refractivity contribution >= 4 is 35.2 Å². The maximum absolute atomic E-state index is 13.1. The van der Waals surface area contributed by atoms with Crippen molar-refractivity contribution in [2.24, 2.45) is 0 Å². The monoisotopic (exact) mass is 478 g/mol. The van der Waals surface area contributed by atoms with Crippen LogP contribution in [0.1, 0.15) is 15.9 Å². The molecular weight excluding hydrogens is 456 g/mol. The normalized spacial score (nSPS) is 13.5. The van der Waals surface area contributed by atoms with Gasteiger partial charge in [0.2, 0.25) is 5.95 Å². The number of anilines is 1. The number of nitrogens with one attached hydrogen (secondary N) is 1. The summed E-state index contributed by atoms with van der Waals surface area (Å²) in [6.45, 7) is 2.72. The first-order valence-corrected chi connectivity index (χ1v) is 10.7. The van der Waals surface area contributed by atoms with E-state index in [0.29, 0.717) is 48.6 Å². The highest BCUT2D eigenvalue weighted by molar-refractivity contribution is 5.94. The van der Waals surface area contributed by atoms with Gasteiger partial charge in [0.25, 0.3) is 11.5 Å². The Morgan fingerprint density at radius 2 is 1.65 bits per heavy atom. The van der Waals surface area contributed by atoms with Gasteiger partial charge < -0.3 is 9.80 Å². The number of aromatic amines is 1. The number of nitrogens with zero attached hydrogens (tertiary/aromatic N) is 5. The minimum Gasteiger partial charge on any atom is -0.337 e. The molecule has 0 aliphatic carbocycles. The number of piperazine rings is 1. The Morgan fingerprint density at radius 1 is 0.912 bits per heavy atom. The third-order valence-electron chi connectivity index (χ3n) is 5.82. The molecule has 0 unspecified atom stereocenters. The number of hydrogen-bond donors (Lipinski definition) is 1. The number of fused-ring (bicyclic) bond motifs is 1. The predicted molar refractivity (Wildman–Crippen MR) is 132 cm³/mol. The quantitative estimate of drug-likeness (QED) is 0.480. The summed E-state index contributed by atoms with van der Waals surface area (Å²) in [7, 11) is 0. The maximum atomic E-state index is 13.1. The molecule has 2 aromatic heterocycles. The molecule has 1 aliphatic heterocycles. The van der Waals surface area contributed by atoms with Crippen LogP contribution < -0.4 is 16.1 Å². The van der Waals surface area contributed by atoms with E-state index in [1.54, 1.807) is 54.9 Å². The van der Waals surface area contributed by atoms with E-state index in [-0.39, 0.29) is 24.9 Å². The van der Waals surface area contributed by atoms with Crippen molar-refractivity contribution in [1.29, 1.82) is 0 Å². The summed E-state index contributed by atoms with van der Waals surface area (Å²) in [6, 6.07) is 16.0. The molecule has 10 heteroatoms. The molecule has 1 fully saturated rings. The number of H-pyrrole nitrogens is 1. The lowest BCUT2D eigenvalue weighted by atomic mass is 10.1. The summed E-state index contributed by atoms with van der Waals surface area (Å²) >= 11 is 0. The summed E-state index contributed by atoms with van der Waals surface area (Å²) in [5.74, 6) is 0.620. The number of para-hydroxylation sites is 1. The van der Waals surface area contributed by atoms with E-state index in [4.69, 9.17) is 0 Å². The Labute approximate surface area is 201 Å². The van der Waals surface area contributed by atoms with Crippen LogP contribution in [0.4, 0.5) is 5.95 Å². The number of carbonyl (C=O) groups excluding carboxylic acids is 1. The van der Waals surface area contributed by atoms with Crippen LogP contribution >= 0.6 is 12.4 Å². The van der Waals surface area contributed by atoms with Crippen LogP contribution in [0.15, 0.2) is 76.6 Å². The van der Waals surface area contributed by atoms with Gasteiger partial charge in [-0.25, -0.2) is 14.8 Å². The molecule has 174 valence electrons. The molecule has 1 amide bonds. The summed E-state index contributed by atoms with van der Waals surface area (Å²) in [6.07, 6.45) is 3.42. The van der Waals surface area contributed by atoms with Gasteiger partial charge in [-0.05, 0) is 35.9 Å². The van der Waals surface area contributed by atoms with Crippen LogP contribution in [0.3, 0.4) is 0 Å². The topological polar surface area (TPSA) is 104 Å². The first-order valence-electron chi connectivity index (χ1n) is 10.7. The second-order valence-electron chi connectivity index (χ2n) is 7.89. The van der Waals surface area contributed by atoms with Crippen molar-refractivity contribution in [3.05, 3.63) is 99.0 Å². The molecule has 0 bridgehead atoms. The molecule has 1 aliphatic rings. The number of benzene rings is 2. The number of aromatic nitrogens is 4. The number of carbonyl (C=O) groups is 1. The van der Waals surface area contributed by atoms with E-state index in [1.165, 1.54) is 4.57 Å². The Kier molecular flexibility index (Phi) is 6.74. The van der Waals surface area contributed by atoms with Gasteiger partial charge in [-0.2, -0.15) is 0 Å². The second kappa shape index (κ2) is 9.88. The molecule has 34 heavy (non-hydrogen) atoms. The third-order valence-corrected chi connectivity index (χ3v) is 5.82. The van der Waals surface area contributed by atoms with E-state index in [9.17, 15) is 14.4 Å². The zero-order valence-electron chi connectivity index (χ0n) is 18.3. The van der Waals surface area contributed by atoms with Gasteiger partial charge >= 0.3 is 5.69 Å². The lowest BCUT2D eigenvalue weighted by molar-refractivity contribution is 0.0746. The van der Waals surface area contributed by atoms with Crippen molar-refractivity contribution in [2.45, 2.75) is 6.54 Å². The fourth-order valence-electron chi connectivity index (χ4n) is 4.13. The van der Waals surface area contributed by atoms with Crippen LogP contribution in [0, 0.1) is 0 Å². The molecule has 9 nitrogen and oxygen atoms in total. The molecule has 0 saturated carbocycles. The highest BCUT2D eigenvalue weighted by atomic mass is 35.5. The Bertz CT molecular complexity index is 1430. The molecule has 3 heterocycles. The zero-order valence-corrected chi connectivity index (χ0v) is 19.1. The van der Waals surface area contributed by atoms with Crippen molar-refractivity contribution in [3.63, 3.8) is 0 Å². The molecule has 4 aromatic rings. The van der Waals surface area contributed by atoms with Crippen molar-refractivity contribution in [2.75, 3.05) is 31.1 Å². The minimum atomic E-state index is -0.477. The lowest BCUT2D eigenvalue weighted by Gasteiger charge is -2.34. The van der Waals surface area contributed by atoms with Gasteiger partial charge in [0.15, 0.2) is 0 Å². The summed E-state index contributed by atoms with van der Waals surface area (Å²) in [4.78, 5) is 52.5. The van der Waals surface area contributed by atoms with Gasteiger partial charge in [-0.15, -0.1) is 12.4 Å². The van der Waals surface area contributed by atoms with Gasteiger partial charge in [0, 0.05) is 44.1 Å². The number of halogens is 1. The Balaban J connectivity index is 0.00000274. The molecule has 0 radical (unpaired) electrons. The van der Waals surface area contributed by atoms with Crippen molar-refractivity contribution in [3.8, 4) is 0 Å². The molecule has 1 N–H and O–H groups in total. The highest BCUT2D eigenvalue weighted by Crippen LogP contribution is 2.15. The van der Waals surface area contributed by atoms with Crippen LogP contribution in [0.5, 0.6) is 0 Å². The summed E-state index contributed by atoms with van der Waals surface area (Å²) in [5.41, 5.74) is 1.04. The van der Waals surface area contributed by atoms with E-state index < -0.39 is 11.2 Å². The fourth-order valence-corrected chi connectivity index (χ4v) is 4.13. The van der Waals surface area contributed by atoms with Crippen LogP contribution in [0.25, 0.3) is 10.9 Å². The van der Waals surface area contributed by atoms with E-state index in [2.05, 4.69) is 19.9 Å². The van der Waals surface area contributed by atoms with Crippen LogP contribution in [0.2, 0.25) is 0 Å². The maximum Gasteiger partial charge on any atom is 0.329 e. The average molecular weight is 479 g/mol. The van der Waals surface area contributed by atoms with Gasteiger partial charge in [-0.3, -0.25) is 19.1 Å². The Morgan fingerprint density at radius 3 is 2.41 bits per heavy atom. The summed E-state index contributed by atoms with van der Waals surface area (Å²) < 4.78 is 1.51. The Hall–Kier alpha value is -3.98. The molecule has 0 atom stereocenters. The smallest absolute Gasteiger partial charge is 0.329 e. The van der Waals surface area contributed by atoms with Gasteiger partial charge in [-0.1, -0.05) is 24.3 Å². The molecular formula is C24H23ClN6O3. The first kappa shape index (κ1) is 23.2. The van der Waals surface area contributed by atoms with Crippen LogP contribution in [-0.2, 0) is 6.54 Å². The summed E-state index contributed by atoms with van der Waals surface area (Å²) in [5, 5.41) is 0.449. The standard InChI is InChI=1S/C24H22N6O3.ClH/c31-21-19-7-1-2-8-20(19)30(24(33)27-21)16-17-5-3-6-18(15-17)22(32)28-11-13-29(14-12-28)23-25-9-4-10-26-23;/h1-10,15H,11-14,16H2,(H,27,31,33);1H. The van der Waals surface area contributed by atoms with Crippen LogP contribution in [-0.4, -0.2) is 56.5 Å². The van der Waals surface area contributed by atoms with E-state index in [1.807, 2.05) is 17.0 Å². The third kappa shape index (κ3) is 4.55. The number of rotatable bonds is 4. The SMILES string of the molecule is Cl.O=C(c1cccc(Cn2c(=O)[nH]c(=O)c3ccccc32)c1)N1CCN(c2ncccn2)CC1. The molecule has 2 aromatic carbocycles. The van der Waals surface area contributed by atoms with Crippen molar-refractivity contribution < 1.29 is 4.79 Å². The highest BCUT2D eigenvalue weighted by Gasteiger charge is 2.23. The van der Waals surface area contributed by atoms with Crippen molar-refractivity contribution in [1.82, 2.24) is 24.4 Å². The second-order valence-corrected chi connectivity index (χ2v) is 7.89. The number of hydrogen-bond acceptors (Lipinski definition) is 6. The average Bonchev–Trinajstić information content (AvgIpc) is 2.87. The molecule has 1 saturated heterocycles. The fraction of sp³-hybridized carbons (Fsp3) is 0.208. The van der Waals surface area contributed by atoms with Gasteiger partial charge in [0.05, 0.1) is 17.4 Å². The lowest BCUT2D eigenvalue weighted by Crippen LogP contribution is -2.49. The van der Waals surface area contributed by atoms with Gasteiger partial charge in [0.1, 0.15) is 0 Å². The first-order chi connectivity index (χ1) is 16.1. The number of amides is 1. The largest absolute Gasteiger partial charge is 0.337 e. The zero-order chi connectivity index (χ0) is 22.8. The predicted octanol–water partition coefficient (Wildman–Crippen LogP) is 1.91. The molecule has 5 rings (SSSR count). The molecule has 0 spiro atoms.